The van der Waals surface area contributed by atoms with Crippen molar-refractivity contribution in [2.75, 3.05) is 25.4 Å². The van der Waals surface area contributed by atoms with Gasteiger partial charge < -0.3 is 18.8 Å². The summed E-state index contributed by atoms with van der Waals surface area (Å²) in [6.07, 6.45) is 2.06. The lowest BCUT2D eigenvalue weighted by molar-refractivity contribution is 0.0998. The Morgan fingerprint density at radius 3 is 2.71 bits per heavy atom. The summed E-state index contributed by atoms with van der Waals surface area (Å²) in [5.41, 5.74) is 1.54. The van der Waals surface area contributed by atoms with Gasteiger partial charge in [0.25, 0.3) is 5.91 Å². The molecule has 2 heterocycles. The molecule has 0 atom stereocenters. The van der Waals surface area contributed by atoms with Crippen LogP contribution in [0.2, 0.25) is 0 Å². The normalized spacial score (nSPS) is 13.3. The van der Waals surface area contributed by atoms with Gasteiger partial charge >= 0.3 is 0 Å². The molecule has 0 radical (unpaired) electrons. The minimum Gasteiger partial charge on any atom is -0.494 e. The van der Waals surface area contributed by atoms with Crippen molar-refractivity contribution in [3.8, 4) is 17.2 Å². The molecule has 28 heavy (non-hydrogen) atoms. The number of thioether (sulfide) groups is 1. The number of ether oxygens (including phenoxy) is 3. The third kappa shape index (κ3) is 3.74. The first kappa shape index (κ1) is 18.9. The summed E-state index contributed by atoms with van der Waals surface area (Å²) in [7, 11) is 0. The van der Waals surface area contributed by atoms with Gasteiger partial charge in [0.2, 0.25) is 6.79 Å². The molecule has 3 aromatic rings. The van der Waals surface area contributed by atoms with Gasteiger partial charge in [0, 0.05) is 30.0 Å². The van der Waals surface area contributed by atoms with Crippen molar-refractivity contribution >= 4 is 39.2 Å². The van der Waals surface area contributed by atoms with E-state index in [9.17, 15) is 4.79 Å². The molecule has 0 N–H and O–H groups in total. The predicted octanol–water partition coefficient (Wildman–Crippen LogP) is 3.93. The molecule has 1 amide bonds. The summed E-state index contributed by atoms with van der Waals surface area (Å²) in [4.78, 5) is 17.8. The number of carbonyl (C=O) groups excluding carboxylic acids is 1. The van der Waals surface area contributed by atoms with E-state index >= 15 is 0 Å². The third-order valence-electron chi connectivity index (χ3n) is 4.31. The van der Waals surface area contributed by atoms with E-state index in [1.807, 2.05) is 19.1 Å². The molecule has 0 saturated carbocycles. The highest BCUT2D eigenvalue weighted by Crippen LogP contribution is 2.37. The predicted molar refractivity (Wildman–Crippen MR) is 112 cm³/mol. The van der Waals surface area contributed by atoms with Gasteiger partial charge in [0.05, 0.1) is 16.8 Å². The summed E-state index contributed by atoms with van der Waals surface area (Å²) in [5.74, 6) is 2.85. The number of hydrogen-bond donors (Lipinski definition) is 0. The first-order valence-electron chi connectivity index (χ1n) is 8.93. The second-order valence-corrected chi connectivity index (χ2v) is 8.07. The number of rotatable bonds is 6. The number of fused-ring (bicyclic) bond motifs is 2. The van der Waals surface area contributed by atoms with E-state index in [0.29, 0.717) is 17.0 Å². The Hall–Kier alpha value is -2.45. The first-order valence-corrected chi connectivity index (χ1v) is 11.1. The minimum absolute atomic E-state index is 0.241. The fourth-order valence-corrected chi connectivity index (χ4v) is 4.39. The van der Waals surface area contributed by atoms with Crippen molar-refractivity contribution in [3.05, 3.63) is 46.8 Å². The first-order chi connectivity index (χ1) is 13.7. The second-order valence-electron chi connectivity index (χ2n) is 6.08. The van der Waals surface area contributed by atoms with Crippen LogP contribution in [0.3, 0.4) is 0 Å². The SMILES string of the molecule is CCOc1ccc(C(=O)N=c2sc3cc4c(cc3n2CCSC)OCO4)cc1. The third-order valence-corrected chi connectivity index (χ3v) is 5.94. The van der Waals surface area contributed by atoms with Crippen molar-refractivity contribution < 1.29 is 19.0 Å². The number of aryl methyl sites for hydroxylation is 1. The average Bonchev–Trinajstić information content (AvgIpc) is 3.28. The molecule has 8 heteroatoms. The van der Waals surface area contributed by atoms with Crippen LogP contribution in [0.25, 0.3) is 10.2 Å². The summed E-state index contributed by atoms with van der Waals surface area (Å²) < 4.78 is 19.5. The molecule has 2 aromatic carbocycles. The lowest BCUT2D eigenvalue weighted by Crippen LogP contribution is -2.18. The molecule has 1 aliphatic rings. The molecule has 6 nitrogen and oxygen atoms in total. The average molecular weight is 417 g/mol. The van der Waals surface area contributed by atoms with Crippen molar-refractivity contribution in [2.45, 2.75) is 13.5 Å². The molecular weight excluding hydrogens is 396 g/mol. The zero-order valence-corrected chi connectivity index (χ0v) is 17.3. The number of nitrogens with zero attached hydrogens (tertiary/aromatic N) is 2. The Morgan fingerprint density at radius 2 is 2.00 bits per heavy atom. The summed E-state index contributed by atoms with van der Waals surface area (Å²) in [5, 5.41) is 0. The molecule has 0 aliphatic carbocycles. The van der Waals surface area contributed by atoms with Gasteiger partial charge in [-0.15, -0.1) is 0 Å². The quantitative estimate of drug-likeness (QED) is 0.609. The Kier molecular flexibility index (Phi) is 5.59. The van der Waals surface area contributed by atoms with Crippen LogP contribution >= 0.6 is 23.1 Å². The highest BCUT2D eigenvalue weighted by molar-refractivity contribution is 7.98. The van der Waals surface area contributed by atoms with E-state index in [1.165, 1.54) is 11.3 Å². The molecule has 0 unspecified atom stereocenters. The molecule has 4 rings (SSSR count). The van der Waals surface area contributed by atoms with Crippen LogP contribution in [0.5, 0.6) is 17.2 Å². The van der Waals surface area contributed by atoms with Crippen LogP contribution < -0.4 is 19.0 Å². The number of hydrogen-bond acceptors (Lipinski definition) is 6. The highest BCUT2D eigenvalue weighted by Gasteiger charge is 2.18. The van der Waals surface area contributed by atoms with Crippen LogP contribution in [0.4, 0.5) is 0 Å². The number of carbonyl (C=O) groups is 1. The number of amides is 1. The fourth-order valence-electron chi connectivity index (χ4n) is 2.96. The van der Waals surface area contributed by atoms with Crippen LogP contribution in [0, 0.1) is 0 Å². The topological polar surface area (TPSA) is 62.0 Å². The summed E-state index contributed by atoms with van der Waals surface area (Å²) in [6.45, 7) is 3.52. The van der Waals surface area contributed by atoms with Crippen LogP contribution in [-0.2, 0) is 6.54 Å². The maximum absolute atomic E-state index is 12.7. The van der Waals surface area contributed by atoms with Gasteiger partial charge in [-0.1, -0.05) is 11.3 Å². The van der Waals surface area contributed by atoms with Crippen molar-refractivity contribution in [1.29, 1.82) is 0 Å². The summed E-state index contributed by atoms with van der Waals surface area (Å²) in [6, 6.07) is 11.0. The number of benzene rings is 2. The minimum atomic E-state index is -0.271. The van der Waals surface area contributed by atoms with E-state index < -0.39 is 0 Å². The van der Waals surface area contributed by atoms with Crippen molar-refractivity contribution in [2.24, 2.45) is 4.99 Å². The van der Waals surface area contributed by atoms with Gasteiger partial charge in [-0.2, -0.15) is 16.8 Å². The summed E-state index contributed by atoms with van der Waals surface area (Å²) >= 11 is 3.23. The van der Waals surface area contributed by atoms with E-state index in [-0.39, 0.29) is 12.7 Å². The van der Waals surface area contributed by atoms with Gasteiger partial charge in [-0.25, -0.2) is 0 Å². The van der Waals surface area contributed by atoms with Gasteiger partial charge in [-0.3, -0.25) is 4.79 Å². The molecule has 0 bridgehead atoms. The molecule has 1 aromatic heterocycles. The van der Waals surface area contributed by atoms with E-state index in [2.05, 4.69) is 15.8 Å². The highest BCUT2D eigenvalue weighted by atomic mass is 32.2. The fraction of sp³-hybridized carbons (Fsp3) is 0.300. The second kappa shape index (κ2) is 8.28. The van der Waals surface area contributed by atoms with Gasteiger partial charge in [0.15, 0.2) is 16.3 Å². The van der Waals surface area contributed by atoms with Gasteiger partial charge in [-0.05, 0) is 37.4 Å². The molecule has 0 fully saturated rings. The van der Waals surface area contributed by atoms with Crippen LogP contribution in [-0.4, -0.2) is 35.9 Å². The van der Waals surface area contributed by atoms with E-state index in [4.69, 9.17) is 14.2 Å². The lowest BCUT2D eigenvalue weighted by Gasteiger charge is -2.05. The molecule has 0 saturated heterocycles. The smallest absolute Gasteiger partial charge is 0.279 e. The van der Waals surface area contributed by atoms with Crippen LogP contribution in [0.15, 0.2) is 41.4 Å². The standard InChI is InChI=1S/C20H20N2O4S2/c1-3-24-14-6-4-13(5-7-14)19(23)21-20-22(8-9-27-2)15-10-16-17(26-12-25-16)11-18(15)28-20/h4-7,10-11H,3,8-9,12H2,1-2H3. The zero-order valence-electron chi connectivity index (χ0n) is 15.6. The van der Waals surface area contributed by atoms with Gasteiger partial charge in [0.1, 0.15) is 5.75 Å². The van der Waals surface area contributed by atoms with E-state index in [1.54, 1.807) is 36.0 Å². The number of thiazole rings is 1. The Morgan fingerprint density at radius 1 is 1.25 bits per heavy atom. The molecular formula is C20H20N2O4S2. The maximum Gasteiger partial charge on any atom is 0.279 e. The zero-order chi connectivity index (χ0) is 19.5. The monoisotopic (exact) mass is 416 g/mol. The Labute approximate surface area is 170 Å². The lowest BCUT2D eigenvalue weighted by atomic mass is 10.2. The van der Waals surface area contributed by atoms with Crippen molar-refractivity contribution in [1.82, 2.24) is 4.57 Å². The Bertz CT molecular complexity index is 1070. The largest absolute Gasteiger partial charge is 0.494 e. The molecule has 1 aliphatic heterocycles. The molecule has 146 valence electrons. The van der Waals surface area contributed by atoms with E-state index in [0.717, 1.165) is 39.8 Å². The molecule has 0 spiro atoms. The van der Waals surface area contributed by atoms with Crippen LogP contribution in [0.1, 0.15) is 17.3 Å². The maximum atomic E-state index is 12.7. The number of aromatic nitrogens is 1. The Balaban J connectivity index is 1.74. The van der Waals surface area contributed by atoms with Crippen molar-refractivity contribution in [3.63, 3.8) is 0 Å².